The summed E-state index contributed by atoms with van der Waals surface area (Å²) < 4.78 is 4.80. The summed E-state index contributed by atoms with van der Waals surface area (Å²) in [5.41, 5.74) is 0. The molecule has 3 amide bonds. The van der Waals surface area contributed by atoms with E-state index in [0.29, 0.717) is 6.41 Å². The predicted molar refractivity (Wildman–Crippen MR) is 98.7 cm³/mol. The number of rotatable bonds is 14. The molecule has 1 aliphatic rings. The van der Waals surface area contributed by atoms with E-state index < -0.39 is 30.1 Å². The van der Waals surface area contributed by atoms with Gasteiger partial charge in [-0.3, -0.25) is 19.2 Å². The van der Waals surface area contributed by atoms with Gasteiger partial charge in [-0.05, 0) is 6.92 Å². The largest absolute Gasteiger partial charge is 0.445 e. The van der Waals surface area contributed by atoms with Gasteiger partial charge in [0.05, 0.1) is 31.1 Å². The summed E-state index contributed by atoms with van der Waals surface area (Å²) in [6.45, 7) is 8.25. The molecule has 0 saturated carbocycles. The number of Topliss-reactive ketones (excluding diaryl/α,β-unsaturated/α-hetero) is 1. The van der Waals surface area contributed by atoms with E-state index in [4.69, 9.17) is 9.57 Å². The fourth-order valence-electron chi connectivity index (χ4n) is 2.74. The molecule has 0 spiro atoms. The van der Waals surface area contributed by atoms with Gasteiger partial charge in [-0.1, -0.05) is 18.7 Å². The van der Waals surface area contributed by atoms with Crippen LogP contribution in [0.4, 0.5) is 4.79 Å². The maximum atomic E-state index is 12.7. The van der Waals surface area contributed by atoms with Crippen molar-refractivity contribution >= 4 is 24.2 Å². The molecule has 1 rings (SSSR count). The van der Waals surface area contributed by atoms with Gasteiger partial charge in [-0.15, -0.1) is 6.58 Å². The lowest BCUT2D eigenvalue weighted by Gasteiger charge is -2.38. The molecular formula is C18H27N3O7. The standard InChI is InChI=1S/C18H27N3O7/c1-4-6-27-18(26)19-9-13(10-21(11-22)28-7-5-2)15(24)8-14-16(12(3)23)17(25)20-14/h4-5,11-14,16,23H,1-2,6-10H2,3H3,(H,19,26)(H,20,25)/t12-,13?,14-,16-/m1/s1. The van der Waals surface area contributed by atoms with Crippen molar-refractivity contribution in [3.05, 3.63) is 25.3 Å². The number of ketones is 1. The third kappa shape index (κ3) is 7.12. The Labute approximate surface area is 163 Å². The van der Waals surface area contributed by atoms with Gasteiger partial charge in [-0.25, -0.2) is 9.86 Å². The number of aliphatic hydroxyl groups excluding tert-OH is 1. The molecule has 1 saturated heterocycles. The van der Waals surface area contributed by atoms with E-state index in [-0.39, 0.29) is 44.4 Å². The predicted octanol–water partition coefficient (Wildman–Crippen LogP) is -0.455. The first-order chi connectivity index (χ1) is 13.3. The molecule has 0 aromatic heterocycles. The summed E-state index contributed by atoms with van der Waals surface area (Å²) >= 11 is 0. The Balaban J connectivity index is 2.74. The highest BCUT2D eigenvalue weighted by Gasteiger charge is 2.44. The fourth-order valence-corrected chi connectivity index (χ4v) is 2.74. The van der Waals surface area contributed by atoms with Gasteiger partial charge in [0.2, 0.25) is 12.3 Å². The maximum Gasteiger partial charge on any atom is 0.407 e. The minimum absolute atomic E-state index is 0.0114. The molecule has 1 aliphatic heterocycles. The minimum Gasteiger partial charge on any atom is -0.445 e. The zero-order valence-electron chi connectivity index (χ0n) is 15.8. The Morgan fingerprint density at radius 1 is 1.36 bits per heavy atom. The first-order valence-corrected chi connectivity index (χ1v) is 8.82. The van der Waals surface area contributed by atoms with E-state index in [0.717, 1.165) is 5.06 Å². The first-order valence-electron chi connectivity index (χ1n) is 8.82. The molecule has 0 aromatic rings. The zero-order valence-corrected chi connectivity index (χ0v) is 15.8. The van der Waals surface area contributed by atoms with Gasteiger partial charge in [-0.2, -0.15) is 0 Å². The van der Waals surface area contributed by atoms with E-state index >= 15 is 0 Å². The molecule has 28 heavy (non-hydrogen) atoms. The molecule has 0 aliphatic carbocycles. The van der Waals surface area contributed by atoms with Crippen LogP contribution in [0.2, 0.25) is 0 Å². The average Bonchev–Trinajstić information content (AvgIpc) is 2.64. The van der Waals surface area contributed by atoms with Gasteiger partial charge in [0.25, 0.3) is 0 Å². The molecule has 1 heterocycles. The number of β-lactam (4-membered cyclic amide) rings is 1. The highest BCUT2D eigenvalue weighted by molar-refractivity contribution is 5.90. The van der Waals surface area contributed by atoms with Crippen LogP contribution < -0.4 is 10.6 Å². The summed E-state index contributed by atoms with van der Waals surface area (Å²) in [6.07, 6.45) is 1.58. The van der Waals surface area contributed by atoms with E-state index in [1.54, 1.807) is 0 Å². The molecule has 0 bridgehead atoms. The van der Waals surface area contributed by atoms with Crippen LogP contribution in [0.15, 0.2) is 25.3 Å². The van der Waals surface area contributed by atoms with Crippen molar-refractivity contribution in [1.82, 2.24) is 15.7 Å². The molecule has 4 atom stereocenters. The van der Waals surface area contributed by atoms with Crippen LogP contribution in [-0.2, 0) is 24.0 Å². The van der Waals surface area contributed by atoms with Crippen molar-refractivity contribution in [3.63, 3.8) is 0 Å². The molecule has 10 nitrogen and oxygen atoms in total. The summed E-state index contributed by atoms with van der Waals surface area (Å²) in [4.78, 5) is 52.2. The van der Waals surface area contributed by atoms with E-state index in [9.17, 15) is 24.3 Å². The van der Waals surface area contributed by atoms with Gasteiger partial charge < -0.3 is 20.5 Å². The van der Waals surface area contributed by atoms with Crippen LogP contribution in [0.25, 0.3) is 0 Å². The Kier molecular flexibility index (Phi) is 9.89. The lowest BCUT2D eigenvalue weighted by Crippen LogP contribution is -2.62. The van der Waals surface area contributed by atoms with Crippen LogP contribution in [-0.4, -0.2) is 72.8 Å². The third-order valence-corrected chi connectivity index (χ3v) is 4.16. The van der Waals surface area contributed by atoms with Gasteiger partial charge in [0.15, 0.2) is 0 Å². The lowest BCUT2D eigenvalue weighted by atomic mass is 9.81. The van der Waals surface area contributed by atoms with E-state index in [1.807, 2.05) is 0 Å². The van der Waals surface area contributed by atoms with Crippen molar-refractivity contribution in [2.45, 2.75) is 25.5 Å². The van der Waals surface area contributed by atoms with Crippen molar-refractivity contribution in [1.29, 1.82) is 0 Å². The molecule has 0 aromatic carbocycles. The van der Waals surface area contributed by atoms with Crippen LogP contribution in [0.3, 0.4) is 0 Å². The van der Waals surface area contributed by atoms with Crippen molar-refractivity contribution in [2.24, 2.45) is 11.8 Å². The third-order valence-electron chi connectivity index (χ3n) is 4.16. The van der Waals surface area contributed by atoms with E-state index in [2.05, 4.69) is 23.8 Å². The number of aliphatic hydroxyl groups is 1. The minimum atomic E-state index is -0.889. The highest BCUT2D eigenvalue weighted by atomic mass is 16.7. The summed E-state index contributed by atoms with van der Waals surface area (Å²) in [5.74, 6) is -2.11. The number of carbonyl (C=O) groups excluding carboxylic acids is 4. The first kappa shape index (κ1) is 23.3. The number of alkyl carbamates (subject to hydrolysis) is 1. The second-order valence-corrected chi connectivity index (χ2v) is 6.31. The van der Waals surface area contributed by atoms with Crippen molar-refractivity contribution in [3.8, 4) is 0 Å². The number of carbonyl (C=O) groups is 4. The Bertz CT molecular complexity index is 594. The molecular weight excluding hydrogens is 370 g/mol. The second-order valence-electron chi connectivity index (χ2n) is 6.31. The molecule has 10 heteroatoms. The van der Waals surface area contributed by atoms with Gasteiger partial charge >= 0.3 is 6.09 Å². The van der Waals surface area contributed by atoms with Crippen LogP contribution >= 0.6 is 0 Å². The maximum absolute atomic E-state index is 12.7. The van der Waals surface area contributed by atoms with E-state index in [1.165, 1.54) is 19.1 Å². The Morgan fingerprint density at radius 2 is 2.04 bits per heavy atom. The summed E-state index contributed by atoms with van der Waals surface area (Å²) in [6, 6.07) is -0.506. The van der Waals surface area contributed by atoms with Crippen LogP contribution in [0.5, 0.6) is 0 Å². The highest BCUT2D eigenvalue weighted by Crippen LogP contribution is 2.23. The Morgan fingerprint density at radius 3 is 2.57 bits per heavy atom. The second kappa shape index (κ2) is 11.9. The monoisotopic (exact) mass is 397 g/mol. The van der Waals surface area contributed by atoms with Gasteiger partial charge in [0, 0.05) is 19.0 Å². The number of amides is 3. The Hall–Kier alpha value is -2.72. The van der Waals surface area contributed by atoms with Crippen LogP contribution in [0.1, 0.15) is 13.3 Å². The number of nitrogens with one attached hydrogen (secondary N) is 2. The topological polar surface area (TPSA) is 134 Å². The van der Waals surface area contributed by atoms with Gasteiger partial charge in [0.1, 0.15) is 12.4 Å². The number of hydrogen-bond acceptors (Lipinski definition) is 7. The molecule has 156 valence electrons. The molecule has 3 N–H and O–H groups in total. The van der Waals surface area contributed by atoms with Crippen LogP contribution in [0, 0.1) is 11.8 Å². The molecule has 0 radical (unpaired) electrons. The SMILES string of the molecule is C=CCOC(=O)NCC(CN(C=O)OCC=C)C(=O)C[C@H]1NC(=O)[C@@H]1[C@@H](C)O. The fraction of sp³-hybridized carbons (Fsp3) is 0.556. The average molecular weight is 397 g/mol. The number of nitrogens with zero attached hydrogens (tertiary/aromatic N) is 1. The van der Waals surface area contributed by atoms with Crippen molar-refractivity contribution in [2.75, 3.05) is 26.3 Å². The smallest absolute Gasteiger partial charge is 0.407 e. The zero-order chi connectivity index (χ0) is 21.1. The summed E-state index contributed by atoms with van der Waals surface area (Å²) in [7, 11) is 0. The quantitative estimate of drug-likeness (QED) is 0.156. The molecule has 1 unspecified atom stereocenters. The number of ether oxygens (including phenoxy) is 1. The molecule has 1 fully saturated rings. The number of hydrogen-bond donors (Lipinski definition) is 3. The normalized spacial score (nSPS) is 20.0. The number of hydroxylamine groups is 2. The summed E-state index contributed by atoms with van der Waals surface area (Å²) in [5, 5.41) is 15.6. The lowest BCUT2D eigenvalue weighted by molar-refractivity contribution is -0.171. The van der Waals surface area contributed by atoms with Crippen molar-refractivity contribution < 1.29 is 33.9 Å².